The Morgan fingerprint density at radius 1 is 1.10 bits per heavy atom. The molecular formula is C18H27N3. The number of aryl methyl sites for hydroxylation is 5. The standard InChI is InChI=1S/C18H27N3/c1-7-21-16(10-15(5)20-21)11-17(19-6)18-13(3)8-12(2)9-14(18)4/h8-10,17,19H,7,11H2,1-6H3. The van der Waals surface area contributed by atoms with Gasteiger partial charge in [0.15, 0.2) is 0 Å². The lowest BCUT2D eigenvalue weighted by Crippen LogP contribution is -2.22. The van der Waals surface area contributed by atoms with Gasteiger partial charge in [-0.05, 0) is 64.4 Å². The van der Waals surface area contributed by atoms with Gasteiger partial charge in [0.1, 0.15) is 0 Å². The van der Waals surface area contributed by atoms with Gasteiger partial charge in [-0.15, -0.1) is 0 Å². The highest BCUT2D eigenvalue weighted by Gasteiger charge is 2.17. The molecule has 1 atom stereocenters. The molecule has 1 unspecified atom stereocenters. The highest BCUT2D eigenvalue weighted by Crippen LogP contribution is 2.26. The third-order valence-corrected chi connectivity index (χ3v) is 4.13. The summed E-state index contributed by atoms with van der Waals surface area (Å²) in [4.78, 5) is 0. The van der Waals surface area contributed by atoms with Crippen molar-refractivity contribution in [2.24, 2.45) is 0 Å². The van der Waals surface area contributed by atoms with Gasteiger partial charge in [-0.3, -0.25) is 4.68 Å². The topological polar surface area (TPSA) is 29.9 Å². The minimum absolute atomic E-state index is 0.326. The maximum absolute atomic E-state index is 4.56. The van der Waals surface area contributed by atoms with Gasteiger partial charge in [0.2, 0.25) is 0 Å². The lowest BCUT2D eigenvalue weighted by atomic mass is 9.91. The molecule has 0 saturated heterocycles. The van der Waals surface area contributed by atoms with Crippen LogP contribution in [0, 0.1) is 27.7 Å². The summed E-state index contributed by atoms with van der Waals surface area (Å²) < 4.78 is 2.11. The maximum atomic E-state index is 4.56. The van der Waals surface area contributed by atoms with E-state index in [2.05, 4.69) is 67.9 Å². The number of aromatic nitrogens is 2. The molecule has 21 heavy (non-hydrogen) atoms. The minimum atomic E-state index is 0.326. The van der Waals surface area contributed by atoms with Crippen molar-refractivity contribution in [3.8, 4) is 0 Å². The van der Waals surface area contributed by atoms with Gasteiger partial charge >= 0.3 is 0 Å². The highest BCUT2D eigenvalue weighted by molar-refractivity contribution is 5.40. The molecule has 1 aromatic carbocycles. The number of rotatable bonds is 5. The minimum Gasteiger partial charge on any atom is -0.313 e. The second kappa shape index (κ2) is 6.44. The summed E-state index contributed by atoms with van der Waals surface area (Å²) in [7, 11) is 2.04. The van der Waals surface area contributed by atoms with E-state index in [0.29, 0.717) is 6.04 Å². The first kappa shape index (κ1) is 15.8. The number of hydrogen-bond donors (Lipinski definition) is 1. The van der Waals surface area contributed by atoms with E-state index in [1.54, 1.807) is 0 Å². The van der Waals surface area contributed by atoms with Crippen LogP contribution in [0.2, 0.25) is 0 Å². The van der Waals surface area contributed by atoms with E-state index in [-0.39, 0.29) is 0 Å². The molecule has 1 aromatic heterocycles. The largest absolute Gasteiger partial charge is 0.313 e. The van der Waals surface area contributed by atoms with Crippen molar-refractivity contribution in [3.63, 3.8) is 0 Å². The molecule has 114 valence electrons. The zero-order valence-corrected chi connectivity index (χ0v) is 14.1. The summed E-state index contributed by atoms with van der Waals surface area (Å²) >= 11 is 0. The molecule has 0 aliphatic carbocycles. The predicted molar refractivity (Wildman–Crippen MR) is 88.8 cm³/mol. The van der Waals surface area contributed by atoms with E-state index >= 15 is 0 Å². The number of hydrogen-bond acceptors (Lipinski definition) is 2. The van der Waals surface area contributed by atoms with Gasteiger partial charge < -0.3 is 5.32 Å². The molecule has 0 aliphatic heterocycles. The van der Waals surface area contributed by atoms with Crippen molar-refractivity contribution in [3.05, 3.63) is 51.8 Å². The van der Waals surface area contributed by atoms with E-state index in [4.69, 9.17) is 0 Å². The Morgan fingerprint density at radius 3 is 2.24 bits per heavy atom. The Kier molecular flexibility index (Phi) is 4.84. The molecule has 2 rings (SSSR count). The predicted octanol–water partition coefficient (Wildman–Crippen LogP) is 3.64. The first-order valence-electron chi connectivity index (χ1n) is 7.74. The fraction of sp³-hybridized carbons (Fsp3) is 0.500. The van der Waals surface area contributed by atoms with Crippen LogP contribution in [0.15, 0.2) is 18.2 Å². The molecule has 1 heterocycles. The zero-order valence-electron chi connectivity index (χ0n) is 14.1. The molecule has 3 heteroatoms. The first-order chi connectivity index (χ1) is 9.96. The maximum Gasteiger partial charge on any atom is 0.0596 e. The van der Waals surface area contributed by atoms with Crippen molar-refractivity contribution >= 4 is 0 Å². The summed E-state index contributed by atoms with van der Waals surface area (Å²) in [5.74, 6) is 0. The van der Waals surface area contributed by atoms with Crippen LogP contribution >= 0.6 is 0 Å². The van der Waals surface area contributed by atoms with Crippen LogP contribution < -0.4 is 5.32 Å². The molecule has 0 bridgehead atoms. The Morgan fingerprint density at radius 2 is 1.71 bits per heavy atom. The summed E-state index contributed by atoms with van der Waals surface area (Å²) in [6, 6.07) is 7.07. The summed E-state index contributed by atoms with van der Waals surface area (Å²) in [6.45, 7) is 11.7. The normalized spacial score (nSPS) is 12.7. The van der Waals surface area contributed by atoms with Crippen molar-refractivity contribution < 1.29 is 0 Å². The quantitative estimate of drug-likeness (QED) is 0.909. The molecule has 0 amide bonds. The molecule has 1 N–H and O–H groups in total. The number of likely N-dealkylation sites (N-methyl/N-ethyl adjacent to an activating group) is 1. The number of nitrogens with zero attached hydrogens (tertiary/aromatic N) is 2. The molecule has 0 aliphatic rings. The Balaban J connectivity index is 2.36. The van der Waals surface area contributed by atoms with Crippen LogP contribution in [-0.2, 0) is 13.0 Å². The second-order valence-electron chi connectivity index (χ2n) is 5.95. The molecule has 3 nitrogen and oxygen atoms in total. The number of nitrogens with one attached hydrogen (secondary N) is 1. The molecule has 0 spiro atoms. The molecule has 2 aromatic rings. The van der Waals surface area contributed by atoms with Crippen molar-refractivity contribution in [2.45, 2.75) is 53.6 Å². The molecule has 0 radical (unpaired) electrons. The lowest BCUT2D eigenvalue weighted by molar-refractivity contribution is 0.537. The van der Waals surface area contributed by atoms with Crippen LogP contribution in [0.5, 0.6) is 0 Å². The van der Waals surface area contributed by atoms with Crippen LogP contribution in [0.4, 0.5) is 0 Å². The van der Waals surface area contributed by atoms with Gasteiger partial charge in [0, 0.05) is 24.7 Å². The molecule has 0 saturated carbocycles. The fourth-order valence-corrected chi connectivity index (χ4v) is 3.34. The smallest absolute Gasteiger partial charge is 0.0596 e. The zero-order chi connectivity index (χ0) is 15.6. The average molecular weight is 285 g/mol. The van der Waals surface area contributed by atoms with E-state index in [9.17, 15) is 0 Å². The number of benzene rings is 1. The van der Waals surface area contributed by atoms with E-state index in [1.807, 2.05) is 7.05 Å². The van der Waals surface area contributed by atoms with Crippen LogP contribution in [0.25, 0.3) is 0 Å². The van der Waals surface area contributed by atoms with Crippen LogP contribution in [0.3, 0.4) is 0 Å². The third-order valence-electron chi connectivity index (χ3n) is 4.13. The van der Waals surface area contributed by atoms with Crippen LogP contribution in [-0.4, -0.2) is 16.8 Å². The monoisotopic (exact) mass is 285 g/mol. The van der Waals surface area contributed by atoms with Crippen molar-refractivity contribution in [1.29, 1.82) is 0 Å². The fourth-order valence-electron chi connectivity index (χ4n) is 3.34. The summed E-state index contributed by atoms with van der Waals surface area (Å²) in [5.41, 5.74) is 7.88. The first-order valence-corrected chi connectivity index (χ1v) is 7.74. The Labute approximate surface area is 128 Å². The average Bonchev–Trinajstić information content (AvgIpc) is 2.76. The van der Waals surface area contributed by atoms with Crippen LogP contribution in [0.1, 0.15) is 46.6 Å². The van der Waals surface area contributed by atoms with Crippen molar-refractivity contribution in [2.75, 3.05) is 7.05 Å². The van der Waals surface area contributed by atoms with Crippen molar-refractivity contribution in [1.82, 2.24) is 15.1 Å². The second-order valence-corrected chi connectivity index (χ2v) is 5.95. The lowest BCUT2D eigenvalue weighted by Gasteiger charge is -2.22. The third kappa shape index (κ3) is 3.35. The van der Waals surface area contributed by atoms with Gasteiger partial charge in [0.05, 0.1) is 5.69 Å². The van der Waals surface area contributed by atoms with E-state index < -0.39 is 0 Å². The summed E-state index contributed by atoms with van der Waals surface area (Å²) in [6.07, 6.45) is 0.968. The molecular weight excluding hydrogens is 258 g/mol. The summed E-state index contributed by atoms with van der Waals surface area (Å²) in [5, 5.41) is 8.05. The van der Waals surface area contributed by atoms with E-state index in [1.165, 1.54) is 27.9 Å². The Bertz CT molecular complexity index is 602. The van der Waals surface area contributed by atoms with Gasteiger partial charge in [0.25, 0.3) is 0 Å². The Hall–Kier alpha value is -1.61. The SMILES string of the molecule is CCn1nc(C)cc1CC(NC)c1c(C)cc(C)cc1C. The van der Waals surface area contributed by atoms with Gasteiger partial charge in [-0.2, -0.15) is 5.10 Å². The molecule has 0 fully saturated rings. The van der Waals surface area contributed by atoms with Gasteiger partial charge in [-0.1, -0.05) is 17.7 Å². The highest BCUT2D eigenvalue weighted by atomic mass is 15.3. The van der Waals surface area contributed by atoms with Gasteiger partial charge in [-0.25, -0.2) is 0 Å². The van der Waals surface area contributed by atoms with E-state index in [0.717, 1.165) is 18.7 Å².